The number of hydroxylamine groups is 2. The zero-order valence-electron chi connectivity index (χ0n) is 26.8. The zero-order chi connectivity index (χ0) is 33.2. The number of allylic oxidation sites excluding steroid dienone is 1. The largest absolute Gasteiger partial charge is 0.490 e. The van der Waals surface area contributed by atoms with Crippen LogP contribution in [-0.2, 0) is 63.9 Å². The first-order valence-corrected chi connectivity index (χ1v) is 17.1. The Balaban J connectivity index is 1.72. The second-order valence-corrected chi connectivity index (χ2v) is 12.9. The third-order valence-corrected chi connectivity index (χ3v) is 9.11. The minimum absolute atomic E-state index is 0.0162. The summed E-state index contributed by atoms with van der Waals surface area (Å²) in [5, 5.41) is 1.19. The molecule has 0 aliphatic heterocycles. The first-order valence-electron chi connectivity index (χ1n) is 15.3. The Morgan fingerprint density at radius 1 is 0.660 bits per heavy atom. The molecule has 0 radical (unpaired) electrons. The second-order valence-electron chi connectivity index (χ2n) is 10.5. The summed E-state index contributed by atoms with van der Waals surface area (Å²) in [5.74, 6) is 0.737. The Hall–Kier alpha value is -4.24. The van der Waals surface area contributed by atoms with Gasteiger partial charge < -0.3 is 23.3 Å². The number of carbonyl (C=O) groups is 1. The molecule has 4 rings (SSSR count). The fraction of sp³-hybridized carbons (Fsp3) is 0.270. The van der Waals surface area contributed by atoms with Crippen LogP contribution in [0.1, 0.15) is 28.7 Å². The fourth-order valence-electron chi connectivity index (χ4n) is 4.60. The van der Waals surface area contributed by atoms with E-state index in [9.17, 15) is 9.36 Å². The van der Waals surface area contributed by atoms with E-state index < -0.39 is 13.7 Å². The molecule has 1 unspecified atom stereocenters. The normalized spacial score (nSPS) is 12.6. The molecule has 0 aliphatic rings. The standard InChI is InChI=1S/C37H42NO8P/c1-41-47(40,42-2)24-23-35(43-26-31-15-7-3-8-16-31)37(45-28-33-19-11-5-12-20-33)36(44-27-32-17-9-4-10-18-32)25-38(30-39)46-29-34-21-13-6-14-22-34/h3-22,30,36H,23-29H2,1-2H3/b37-35+. The minimum Gasteiger partial charge on any atom is -0.490 e. The molecule has 0 aromatic heterocycles. The summed E-state index contributed by atoms with van der Waals surface area (Å²) in [6.07, 6.45) is -0.0522. The van der Waals surface area contributed by atoms with E-state index in [2.05, 4.69) is 0 Å². The van der Waals surface area contributed by atoms with Crippen LogP contribution < -0.4 is 0 Å². The Bertz CT molecular complexity index is 1530. The number of carbonyl (C=O) groups excluding carboxylic acids is 1. The van der Waals surface area contributed by atoms with Crippen molar-refractivity contribution in [2.45, 2.75) is 39.0 Å². The number of benzene rings is 4. The van der Waals surface area contributed by atoms with Crippen LogP contribution in [0.5, 0.6) is 0 Å². The van der Waals surface area contributed by atoms with Crippen LogP contribution in [0.25, 0.3) is 0 Å². The quantitative estimate of drug-likeness (QED) is 0.0389. The van der Waals surface area contributed by atoms with Crippen LogP contribution in [0.4, 0.5) is 0 Å². The predicted octanol–water partition coefficient (Wildman–Crippen LogP) is 7.68. The number of rotatable bonds is 21. The molecule has 0 fully saturated rings. The van der Waals surface area contributed by atoms with Gasteiger partial charge in [0.2, 0.25) is 6.41 Å². The van der Waals surface area contributed by atoms with Gasteiger partial charge in [0.15, 0.2) is 5.76 Å². The highest BCUT2D eigenvalue weighted by atomic mass is 31.2. The van der Waals surface area contributed by atoms with Gasteiger partial charge in [-0.3, -0.25) is 14.2 Å². The van der Waals surface area contributed by atoms with E-state index in [0.29, 0.717) is 17.9 Å². The lowest BCUT2D eigenvalue weighted by Gasteiger charge is -2.28. The summed E-state index contributed by atoms with van der Waals surface area (Å²) in [6, 6.07) is 38.6. The van der Waals surface area contributed by atoms with E-state index in [1.54, 1.807) is 0 Å². The predicted molar refractivity (Wildman–Crippen MR) is 180 cm³/mol. The van der Waals surface area contributed by atoms with Gasteiger partial charge in [0.1, 0.15) is 31.7 Å². The van der Waals surface area contributed by atoms with E-state index in [0.717, 1.165) is 22.3 Å². The van der Waals surface area contributed by atoms with Crippen molar-refractivity contribution in [3.8, 4) is 0 Å². The van der Waals surface area contributed by atoms with Crippen molar-refractivity contribution >= 4 is 14.0 Å². The van der Waals surface area contributed by atoms with Crippen LogP contribution in [0, 0.1) is 0 Å². The van der Waals surface area contributed by atoms with Gasteiger partial charge in [-0.1, -0.05) is 121 Å². The van der Waals surface area contributed by atoms with E-state index in [-0.39, 0.29) is 45.6 Å². The summed E-state index contributed by atoms with van der Waals surface area (Å²) in [4.78, 5) is 18.3. The molecule has 10 heteroatoms. The van der Waals surface area contributed by atoms with Crippen LogP contribution in [0.3, 0.4) is 0 Å². The van der Waals surface area contributed by atoms with E-state index in [1.165, 1.54) is 19.3 Å². The van der Waals surface area contributed by atoms with Crippen LogP contribution in [-0.4, -0.2) is 44.5 Å². The maximum Gasteiger partial charge on any atom is 0.330 e. The van der Waals surface area contributed by atoms with Crippen molar-refractivity contribution in [1.82, 2.24) is 5.06 Å². The fourth-order valence-corrected chi connectivity index (χ4v) is 5.59. The number of ether oxygens (including phenoxy) is 3. The highest BCUT2D eigenvalue weighted by Crippen LogP contribution is 2.47. The Kier molecular flexibility index (Phi) is 14.7. The van der Waals surface area contributed by atoms with Crippen LogP contribution in [0.15, 0.2) is 133 Å². The number of hydrogen-bond donors (Lipinski definition) is 0. The van der Waals surface area contributed by atoms with Gasteiger partial charge in [-0.2, -0.15) is 0 Å². The van der Waals surface area contributed by atoms with Crippen molar-refractivity contribution in [2.75, 3.05) is 26.9 Å². The molecule has 4 aromatic carbocycles. The SMILES string of the molecule is COP(=O)(CC/C(OCc1ccccc1)=C(\OCc1ccccc1)C(CN(C=O)OCc1ccccc1)OCc1ccccc1)OC. The molecule has 0 spiro atoms. The highest BCUT2D eigenvalue weighted by molar-refractivity contribution is 7.53. The molecule has 0 heterocycles. The summed E-state index contributed by atoms with van der Waals surface area (Å²) < 4.78 is 43.1. The van der Waals surface area contributed by atoms with E-state index >= 15 is 0 Å². The minimum atomic E-state index is -3.42. The molecule has 1 atom stereocenters. The van der Waals surface area contributed by atoms with Crippen LogP contribution in [0.2, 0.25) is 0 Å². The number of amides is 1. The van der Waals surface area contributed by atoms with Gasteiger partial charge in [-0.25, -0.2) is 5.06 Å². The molecular weight excluding hydrogens is 617 g/mol. The number of nitrogens with zero attached hydrogens (tertiary/aromatic N) is 1. The molecule has 0 N–H and O–H groups in total. The van der Waals surface area contributed by atoms with Gasteiger partial charge in [0.25, 0.3) is 0 Å². The smallest absolute Gasteiger partial charge is 0.330 e. The molecule has 0 saturated heterocycles. The third-order valence-electron chi connectivity index (χ3n) is 7.23. The van der Waals surface area contributed by atoms with Crippen molar-refractivity contribution in [3.63, 3.8) is 0 Å². The Labute approximate surface area is 277 Å². The summed E-state index contributed by atoms with van der Waals surface area (Å²) in [7, 11) is -0.720. The van der Waals surface area contributed by atoms with Crippen molar-refractivity contribution < 1.29 is 37.5 Å². The molecular formula is C37H42NO8P. The molecule has 47 heavy (non-hydrogen) atoms. The van der Waals surface area contributed by atoms with E-state index in [1.807, 2.05) is 121 Å². The van der Waals surface area contributed by atoms with Gasteiger partial charge in [-0.15, -0.1) is 0 Å². The van der Waals surface area contributed by atoms with Gasteiger partial charge in [0, 0.05) is 20.6 Å². The summed E-state index contributed by atoms with van der Waals surface area (Å²) in [6.45, 7) is 0.786. The lowest BCUT2D eigenvalue weighted by Crippen LogP contribution is -2.36. The van der Waals surface area contributed by atoms with Gasteiger partial charge in [0.05, 0.1) is 19.3 Å². The maximum absolute atomic E-state index is 13.2. The first-order chi connectivity index (χ1) is 23.0. The van der Waals surface area contributed by atoms with Crippen molar-refractivity contribution in [2.24, 2.45) is 0 Å². The highest BCUT2D eigenvalue weighted by Gasteiger charge is 2.29. The molecule has 0 saturated carbocycles. The second kappa shape index (κ2) is 19.4. The lowest BCUT2D eigenvalue weighted by atomic mass is 10.2. The van der Waals surface area contributed by atoms with Crippen molar-refractivity contribution in [1.29, 1.82) is 0 Å². The van der Waals surface area contributed by atoms with Gasteiger partial charge >= 0.3 is 7.60 Å². The average Bonchev–Trinajstić information content (AvgIpc) is 3.14. The summed E-state index contributed by atoms with van der Waals surface area (Å²) in [5.41, 5.74) is 3.68. The number of hydrogen-bond acceptors (Lipinski definition) is 8. The topological polar surface area (TPSA) is 92.8 Å². The molecule has 4 aromatic rings. The summed E-state index contributed by atoms with van der Waals surface area (Å²) >= 11 is 0. The molecule has 0 bridgehead atoms. The monoisotopic (exact) mass is 659 g/mol. The third kappa shape index (κ3) is 12.1. The maximum atomic E-state index is 13.2. The molecule has 0 aliphatic carbocycles. The molecule has 248 valence electrons. The zero-order valence-corrected chi connectivity index (χ0v) is 27.7. The molecule has 9 nitrogen and oxygen atoms in total. The lowest BCUT2D eigenvalue weighted by molar-refractivity contribution is -0.188. The van der Waals surface area contributed by atoms with Crippen molar-refractivity contribution in [3.05, 3.63) is 155 Å². The first kappa shape index (κ1) is 35.6. The Morgan fingerprint density at radius 2 is 1.11 bits per heavy atom. The average molecular weight is 660 g/mol. The van der Waals surface area contributed by atoms with E-state index in [4.69, 9.17) is 28.1 Å². The molecule has 1 amide bonds. The Morgan fingerprint density at radius 3 is 1.57 bits per heavy atom. The van der Waals surface area contributed by atoms with Crippen LogP contribution >= 0.6 is 7.60 Å². The van der Waals surface area contributed by atoms with Gasteiger partial charge in [-0.05, 0) is 22.3 Å².